The Bertz CT molecular complexity index is 1140. The van der Waals surface area contributed by atoms with Gasteiger partial charge in [-0.25, -0.2) is 9.59 Å². The lowest BCUT2D eigenvalue weighted by molar-refractivity contribution is -0.270. The molecule has 3 aromatic carbocycles. The van der Waals surface area contributed by atoms with Crippen molar-refractivity contribution in [2.45, 2.75) is 31.2 Å². The normalized spacial score (nSPS) is 20.7. The lowest BCUT2D eigenvalue weighted by Crippen LogP contribution is -2.57. The first-order valence-corrected chi connectivity index (χ1v) is 12.7. The van der Waals surface area contributed by atoms with E-state index in [9.17, 15) is 14.7 Å². The fraction of sp³-hybridized carbons (Fsp3) is 0.333. The second kappa shape index (κ2) is 15.1. The molecule has 9 nitrogen and oxygen atoms in total. The molecule has 4 rings (SSSR count). The smallest absolute Gasteiger partial charge is 0.338 e. The maximum Gasteiger partial charge on any atom is 0.338 e. The molecule has 1 aliphatic rings. The van der Waals surface area contributed by atoms with Gasteiger partial charge >= 0.3 is 11.9 Å². The average molecular weight is 537 g/mol. The predicted octanol–water partition coefficient (Wildman–Crippen LogP) is 3.40. The van der Waals surface area contributed by atoms with Crippen molar-refractivity contribution in [1.29, 1.82) is 0 Å². The molecule has 206 valence electrons. The quantitative estimate of drug-likeness (QED) is 0.260. The number of hydrogen-bond donors (Lipinski definition) is 1. The zero-order valence-electron chi connectivity index (χ0n) is 21.4. The lowest BCUT2D eigenvalue weighted by atomic mass is 10.0. The van der Waals surface area contributed by atoms with Gasteiger partial charge < -0.3 is 33.5 Å². The van der Waals surface area contributed by atoms with Crippen LogP contribution in [0.15, 0.2) is 91.0 Å². The number of carbonyl (C=O) groups is 2. The van der Waals surface area contributed by atoms with Crippen molar-refractivity contribution >= 4 is 11.9 Å². The number of ether oxygens (including phenoxy) is 6. The molecule has 0 bridgehead atoms. The van der Waals surface area contributed by atoms with Crippen LogP contribution in [0, 0.1) is 0 Å². The van der Waals surface area contributed by atoms with E-state index in [2.05, 4.69) is 0 Å². The molecular weight excluding hydrogens is 504 g/mol. The van der Waals surface area contributed by atoms with E-state index < -0.39 is 36.5 Å². The zero-order valence-corrected chi connectivity index (χ0v) is 21.4. The summed E-state index contributed by atoms with van der Waals surface area (Å²) >= 11 is 0. The Balaban J connectivity index is 1.27. The van der Waals surface area contributed by atoms with Gasteiger partial charge in [0.15, 0.2) is 18.5 Å². The van der Waals surface area contributed by atoms with Gasteiger partial charge in [-0.3, -0.25) is 0 Å². The number of rotatable bonds is 13. The van der Waals surface area contributed by atoms with Gasteiger partial charge in [0, 0.05) is 0 Å². The van der Waals surface area contributed by atoms with Crippen molar-refractivity contribution in [3.8, 4) is 0 Å². The van der Waals surface area contributed by atoms with Gasteiger partial charge in [0.2, 0.25) is 0 Å². The van der Waals surface area contributed by atoms with Crippen LogP contribution in [0.3, 0.4) is 0 Å². The predicted molar refractivity (Wildman–Crippen MR) is 140 cm³/mol. The van der Waals surface area contributed by atoms with Crippen LogP contribution >= 0.6 is 0 Å². The molecule has 3 aromatic rings. The lowest BCUT2D eigenvalue weighted by Gasteiger charge is -2.38. The van der Waals surface area contributed by atoms with E-state index in [1.807, 2.05) is 30.3 Å². The van der Waals surface area contributed by atoms with Crippen molar-refractivity contribution in [1.82, 2.24) is 0 Å². The number of hydrogen-bond acceptors (Lipinski definition) is 9. The van der Waals surface area contributed by atoms with Gasteiger partial charge in [-0.05, 0) is 29.8 Å². The van der Waals surface area contributed by atoms with E-state index in [4.69, 9.17) is 28.4 Å². The van der Waals surface area contributed by atoms with Gasteiger partial charge in [-0.15, -0.1) is 0 Å². The van der Waals surface area contributed by atoms with E-state index in [1.54, 1.807) is 60.7 Å². The van der Waals surface area contributed by atoms with Crippen LogP contribution in [-0.2, 0) is 35.0 Å². The van der Waals surface area contributed by atoms with Gasteiger partial charge in [-0.1, -0.05) is 66.7 Å². The highest BCUT2D eigenvalue weighted by Crippen LogP contribution is 2.24. The van der Waals surface area contributed by atoms with E-state index >= 15 is 0 Å². The first-order valence-electron chi connectivity index (χ1n) is 12.7. The molecule has 0 radical (unpaired) electrons. The average Bonchev–Trinajstić information content (AvgIpc) is 2.98. The number of benzene rings is 3. The Kier molecular flexibility index (Phi) is 11.0. The summed E-state index contributed by atoms with van der Waals surface area (Å²) in [7, 11) is 0. The minimum absolute atomic E-state index is 0.115. The topological polar surface area (TPSA) is 110 Å². The molecule has 0 unspecified atom stereocenters. The number of esters is 2. The van der Waals surface area contributed by atoms with Crippen LogP contribution in [0.1, 0.15) is 26.3 Å². The van der Waals surface area contributed by atoms with Crippen molar-refractivity contribution in [2.24, 2.45) is 0 Å². The molecule has 1 aliphatic heterocycles. The van der Waals surface area contributed by atoms with E-state index in [0.717, 1.165) is 5.56 Å². The summed E-state index contributed by atoms with van der Waals surface area (Å²) in [4.78, 5) is 25.3. The van der Waals surface area contributed by atoms with Crippen LogP contribution in [0.25, 0.3) is 0 Å². The minimum Gasteiger partial charge on any atom is -0.453 e. The largest absolute Gasteiger partial charge is 0.453 e. The Morgan fingerprint density at radius 1 is 0.718 bits per heavy atom. The van der Waals surface area contributed by atoms with E-state index in [0.29, 0.717) is 30.9 Å². The summed E-state index contributed by atoms with van der Waals surface area (Å²) < 4.78 is 33.7. The van der Waals surface area contributed by atoms with E-state index in [-0.39, 0.29) is 19.8 Å². The zero-order chi connectivity index (χ0) is 27.3. The van der Waals surface area contributed by atoms with Crippen LogP contribution in [0.4, 0.5) is 0 Å². The maximum atomic E-state index is 12.7. The SMILES string of the molecule is O=C(O[C@H]1[C@H](OCCOCCOCc2ccccc2)OC[C@@H](OC(=O)c2ccccc2)[C@@H]1O)c1ccccc1. The molecule has 39 heavy (non-hydrogen) atoms. The molecule has 1 N–H and O–H groups in total. The van der Waals surface area contributed by atoms with Crippen molar-refractivity contribution in [3.05, 3.63) is 108 Å². The first-order chi connectivity index (χ1) is 19.1. The maximum absolute atomic E-state index is 12.7. The van der Waals surface area contributed by atoms with Gasteiger partial charge in [0.05, 0.1) is 50.8 Å². The van der Waals surface area contributed by atoms with Crippen molar-refractivity contribution < 1.29 is 43.1 Å². The Morgan fingerprint density at radius 3 is 1.90 bits per heavy atom. The molecule has 4 atom stereocenters. The summed E-state index contributed by atoms with van der Waals surface area (Å²) in [5, 5.41) is 11.0. The molecule has 0 saturated carbocycles. The number of aliphatic hydroxyl groups is 1. The molecule has 0 amide bonds. The Hall–Kier alpha value is -3.60. The second-order valence-corrected chi connectivity index (χ2v) is 8.76. The Morgan fingerprint density at radius 2 is 1.26 bits per heavy atom. The third kappa shape index (κ3) is 8.71. The van der Waals surface area contributed by atoms with Crippen LogP contribution in [-0.4, -0.2) is 74.7 Å². The molecule has 1 fully saturated rings. The highest BCUT2D eigenvalue weighted by atomic mass is 16.7. The molecular formula is C30H32O9. The van der Waals surface area contributed by atoms with Gasteiger partial charge in [0.25, 0.3) is 0 Å². The van der Waals surface area contributed by atoms with Gasteiger partial charge in [0.1, 0.15) is 6.10 Å². The van der Waals surface area contributed by atoms with E-state index in [1.165, 1.54) is 0 Å². The molecule has 1 heterocycles. The molecule has 9 heteroatoms. The van der Waals surface area contributed by atoms with Gasteiger partial charge in [-0.2, -0.15) is 0 Å². The third-order valence-corrected chi connectivity index (χ3v) is 5.92. The fourth-order valence-corrected chi connectivity index (χ4v) is 3.88. The highest BCUT2D eigenvalue weighted by Gasteiger charge is 2.45. The van der Waals surface area contributed by atoms with Crippen LogP contribution < -0.4 is 0 Å². The molecule has 1 saturated heterocycles. The van der Waals surface area contributed by atoms with Crippen molar-refractivity contribution in [2.75, 3.05) is 33.0 Å². The monoisotopic (exact) mass is 536 g/mol. The summed E-state index contributed by atoms with van der Waals surface area (Å²) in [5.74, 6) is -1.29. The Labute approximate surface area is 227 Å². The second-order valence-electron chi connectivity index (χ2n) is 8.76. The summed E-state index contributed by atoms with van der Waals surface area (Å²) in [6, 6.07) is 26.6. The summed E-state index contributed by atoms with van der Waals surface area (Å²) in [6.45, 7) is 1.49. The highest BCUT2D eigenvalue weighted by molar-refractivity contribution is 5.90. The fourth-order valence-electron chi connectivity index (χ4n) is 3.88. The molecule has 0 aromatic heterocycles. The number of carbonyl (C=O) groups excluding carboxylic acids is 2. The number of aliphatic hydroxyl groups excluding tert-OH is 1. The molecule has 0 spiro atoms. The first kappa shape index (κ1) is 28.4. The van der Waals surface area contributed by atoms with Crippen LogP contribution in [0.2, 0.25) is 0 Å². The third-order valence-electron chi connectivity index (χ3n) is 5.92. The summed E-state index contributed by atoms with van der Waals surface area (Å²) in [5.41, 5.74) is 1.70. The van der Waals surface area contributed by atoms with Crippen molar-refractivity contribution in [3.63, 3.8) is 0 Å². The minimum atomic E-state index is -1.38. The molecule has 0 aliphatic carbocycles. The standard InChI is InChI=1S/C30H32O9/c31-26-25(38-28(32)23-12-6-2-7-13-23)21-37-30(27(26)39-29(33)24-14-8-3-9-15-24)36-19-18-34-16-17-35-20-22-10-4-1-5-11-22/h1-15,25-27,30-31H,16-21H2/t25-,26+,27-,30-/m1/s1. The summed E-state index contributed by atoms with van der Waals surface area (Å²) in [6.07, 6.45) is -4.77. The van der Waals surface area contributed by atoms with Crippen LogP contribution in [0.5, 0.6) is 0 Å².